The second-order valence-corrected chi connectivity index (χ2v) is 19.3. The van der Waals surface area contributed by atoms with Crippen molar-refractivity contribution in [3.8, 4) is 0 Å². The fourth-order valence-corrected chi connectivity index (χ4v) is 11.3. The lowest BCUT2D eigenvalue weighted by atomic mass is 9.47. The predicted molar refractivity (Wildman–Crippen MR) is 205 cm³/mol. The minimum absolute atomic E-state index is 0.0389. The van der Waals surface area contributed by atoms with Crippen LogP contribution in [0.15, 0.2) is 11.6 Å². The molecule has 48 heavy (non-hydrogen) atoms. The first-order valence-electron chi connectivity index (χ1n) is 21.1. The highest BCUT2D eigenvalue weighted by molar-refractivity contribution is 5.67. The van der Waals surface area contributed by atoms with E-state index in [0.29, 0.717) is 16.7 Å². The minimum atomic E-state index is -0.0636. The molecule has 0 bridgehead atoms. The largest absolute Gasteiger partial charge is 0.446 e. The molecule has 2 N–H and O–H groups in total. The Bertz CT molecular complexity index is 1030. The smallest absolute Gasteiger partial charge is 0.410 e. The van der Waals surface area contributed by atoms with Gasteiger partial charge in [-0.05, 0) is 137 Å². The van der Waals surface area contributed by atoms with Gasteiger partial charge in [0.1, 0.15) is 6.10 Å². The zero-order valence-electron chi connectivity index (χ0n) is 33.4. The number of allylic oxidation sites excluding steroid dienone is 1. The van der Waals surface area contributed by atoms with Gasteiger partial charge in [0, 0.05) is 25.0 Å². The molecule has 278 valence electrons. The summed E-state index contributed by atoms with van der Waals surface area (Å²) < 4.78 is 6.36. The molecule has 4 rings (SSSR count). The quantitative estimate of drug-likeness (QED) is 0.117. The average Bonchev–Trinajstić information content (AvgIpc) is 3.35. The first-order chi connectivity index (χ1) is 22.7. The van der Waals surface area contributed by atoms with Crippen molar-refractivity contribution in [1.82, 2.24) is 4.90 Å². The molecule has 0 saturated heterocycles. The van der Waals surface area contributed by atoms with E-state index in [2.05, 4.69) is 68.4 Å². The van der Waals surface area contributed by atoms with Gasteiger partial charge in [-0.25, -0.2) is 4.79 Å². The summed E-state index contributed by atoms with van der Waals surface area (Å²) in [5.41, 5.74) is 8.56. The van der Waals surface area contributed by atoms with Crippen LogP contribution in [0.3, 0.4) is 0 Å². The SMILES string of the molecule is CCC(CCCC1CCC2C3CC=C4CC(OC(=O)N(CCCCCCCC(C)(C)N)CCC(C)C)CCC4(C)C3CCC12C)C(C)C. The summed E-state index contributed by atoms with van der Waals surface area (Å²) in [6, 6.07) is 0. The molecule has 8 atom stereocenters. The van der Waals surface area contributed by atoms with Crippen LogP contribution in [-0.2, 0) is 4.74 Å². The Morgan fingerprint density at radius 1 is 0.938 bits per heavy atom. The van der Waals surface area contributed by atoms with Crippen molar-refractivity contribution >= 4 is 6.09 Å². The monoisotopic (exact) mass is 669 g/mol. The number of fused-ring (bicyclic) bond motifs is 5. The standard InChI is InChI=1S/C44H80N2O2/c1-10-34(33(4)5)17-16-18-35-20-22-39-38-21-19-36-31-37(23-27-44(36,9)40(38)24-28-43(35,39)8)48-41(47)46(30-25-32(2)3)29-15-13-11-12-14-26-42(6,7)45/h19,32-35,37-40H,10-18,20-31,45H2,1-9H3. The molecule has 0 spiro atoms. The van der Waals surface area contributed by atoms with Gasteiger partial charge in [0.2, 0.25) is 0 Å². The summed E-state index contributed by atoms with van der Waals surface area (Å²) in [6.07, 6.45) is 26.5. The van der Waals surface area contributed by atoms with Crippen LogP contribution in [0.1, 0.15) is 184 Å². The Kier molecular flexibility index (Phi) is 14.5. The van der Waals surface area contributed by atoms with Crippen molar-refractivity contribution in [2.45, 2.75) is 196 Å². The Balaban J connectivity index is 1.29. The van der Waals surface area contributed by atoms with Gasteiger partial charge in [0.05, 0.1) is 0 Å². The molecule has 0 aliphatic heterocycles. The number of nitrogens with zero attached hydrogens (tertiary/aromatic N) is 1. The number of carbonyl (C=O) groups is 1. The summed E-state index contributed by atoms with van der Waals surface area (Å²) in [5.74, 6) is 5.82. The molecule has 0 aromatic heterocycles. The van der Waals surface area contributed by atoms with E-state index in [0.717, 1.165) is 80.7 Å². The molecule has 3 fully saturated rings. The molecule has 4 aliphatic rings. The van der Waals surface area contributed by atoms with E-state index in [9.17, 15) is 4.79 Å². The first-order valence-corrected chi connectivity index (χ1v) is 21.1. The van der Waals surface area contributed by atoms with E-state index in [1.807, 2.05) is 4.90 Å². The number of hydrogen-bond acceptors (Lipinski definition) is 3. The lowest BCUT2D eigenvalue weighted by molar-refractivity contribution is -0.0535. The van der Waals surface area contributed by atoms with E-state index in [1.165, 1.54) is 89.9 Å². The number of ether oxygens (including phenoxy) is 1. The van der Waals surface area contributed by atoms with Crippen molar-refractivity contribution in [3.63, 3.8) is 0 Å². The first kappa shape index (κ1) is 39.8. The summed E-state index contributed by atoms with van der Waals surface area (Å²) in [7, 11) is 0. The number of amides is 1. The van der Waals surface area contributed by atoms with Crippen molar-refractivity contribution in [2.24, 2.45) is 58.0 Å². The molecule has 0 aromatic carbocycles. The van der Waals surface area contributed by atoms with Crippen LogP contribution >= 0.6 is 0 Å². The second kappa shape index (κ2) is 17.5. The fraction of sp³-hybridized carbons (Fsp3) is 0.932. The van der Waals surface area contributed by atoms with E-state index < -0.39 is 0 Å². The lowest BCUT2D eigenvalue weighted by Crippen LogP contribution is -2.50. The highest BCUT2D eigenvalue weighted by atomic mass is 16.6. The molecule has 4 heteroatoms. The Labute approximate surface area is 298 Å². The normalized spacial score (nSPS) is 32.4. The zero-order chi connectivity index (χ0) is 35.1. The third-order valence-electron chi connectivity index (χ3n) is 14.6. The van der Waals surface area contributed by atoms with Crippen LogP contribution in [0.2, 0.25) is 0 Å². The van der Waals surface area contributed by atoms with Crippen LogP contribution in [0.5, 0.6) is 0 Å². The van der Waals surface area contributed by atoms with Gasteiger partial charge in [0.25, 0.3) is 0 Å². The molecule has 0 radical (unpaired) electrons. The van der Waals surface area contributed by atoms with Gasteiger partial charge < -0.3 is 15.4 Å². The van der Waals surface area contributed by atoms with Gasteiger partial charge in [-0.15, -0.1) is 0 Å². The third kappa shape index (κ3) is 10.1. The molecule has 3 saturated carbocycles. The van der Waals surface area contributed by atoms with Crippen LogP contribution in [-0.4, -0.2) is 35.7 Å². The van der Waals surface area contributed by atoms with Gasteiger partial charge in [-0.1, -0.05) is 105 Å². The molecule has 8 unspecified atom stereocenters. The molecule has 0 heterocycles. The van der Waals surface area contributed by atoms with Crippen LogP contribution < -0.4 is 5.73 Å². The number of carbonyl (C=O) groups excluding carboxylic acids is 1. The van der Waals surface area contributed by atoms with E-state index >= 15 is 0 Å². The van der Waals surface area contributed by atoms with Crippen LogP contribution in [0, 0.1) is 52.3 Å². The number of nitrogens with two attached hydrogens (primary N) is 1. The highest BCUT2D eigenvalue weighted by Crippen LogP contribution is 2.67. The van der Waals surface area contributed by atoms with Crippen LogP contribution in [0.4, 0.5) is 4.79 Å². The van der Waals surface area contributed by atoms with Gasteiger partial charge in [-0.2, -0.15) is 0 Å². The number of rotatable bonds is 18. The molecule has 4 nitrogen and oxygen atoms in total. The molecular weight excluding hydrogens is 588 g/mol. The summed E-state index contributed by atoms with van der Waals surface area (Å²) >= 11 is 0. The Morgan fingerprint density at radius 3 is 2.35 bits per heavy atom. The minimum Gasteiger partial charge on any atom is -0.446 e. The summed E-state index contributed by atoms with van der Waals surface area (Å²) in [6.45, 7) is 22.9. The summed E-state index contributed by atoms with van der Waals surface area (Å²) in [5, 5.41) is 0. The van der Waals surface area contributed by atoms with Gasteiger partial charge >= 0.3 is 6.09 Å². The third-order valence-corrected chi connectivity index (χ3v) is 14.6. The van der Waals surface area contributed by atoms with E-state index in [1.54, 1.807) is 5.57 Å². The maximum atomic E-state index is 13.6. The average molecular weight is 669 g/mol. The van der Waals surface area contributed by atoms with Crippen molar-refractivity contribution in [2.75, 3.05) is 13.1 Å². The zero-order valence-corrected chi connectivity index (χ0v) is 33.4. The van der Waals surface area contributed by atoms with Gasteiger partial charge in [0.15, 0.2) is 0 Å². The summed E-state index contributed by atoms with van der Waals surface area (Å²) in [4.78, 5) is 15.6. The molecule has 1 amide bonds. The van der Waals surface area contributed by atoms with Gasteiger partial charge in [-0.3, -0.25) is 0 Å². The fourth-order valence-electron chi connectivity index (χ4n) is 11.3. The number of unbranched alkanes of at least 4 members (excludes halogenated alkanes) is 4. The topological polar surface area (TPSA) is 55.6 Å². The van der Waals surface area contributed by atoms with Crippen LogP contribution in [0.25, 0.3) is 0 Å². The maximum Gasteiger partial charge on any atom is 0.410 e. The number of hydrogen-bond donors (Lipinski definition) is 1. The van der Waals surface area contributed by atoms with Crippen molar-refractivity contribution in [3.05, 3.63) is 11.6 Å². The molecular formula is C44H80N2O2. The van der Waals surface area contributed by atoms with Crippen molar-refractivity contribution in [1.29, 1.82) is 0 Å². The maximum absolute atomic E-state index is 13.6. The Morgan fingerprint density at radius 2 is 1.67 bits per heavy atom. The predicted octanol–water partition coefficient (Wildman–Crippen LogP) is 12.3. The van der Waals surface area contributed by atoms with Crippen molar-refractivity contribution < 1.29 is 9.53 Å². The lowest BCUT2D eigenvalue weighted by Gasteiger charge is -2.58. The Hall–Kier alpha value is -1.03. The second-order valence-electron chi connectivity index (χ2n) is 19.3. The molecule has 0 aromatic rings. The highest BCUT2D eigenvalue weighted by Gasteiger charge is 2.58. The van der Waals surface area contributed by atoms with E-state index in [-0.39, 0.29) is 17.7 Å². The van der Waals surface area contributed by atoms with E-state index in [4.69, 9.17) is 10.5 Å². The molecule has 4 aliphatic carbocycles.